The van der Waals surface area contributed by atoms with Crippen LogP contribution in [-0.2, 0) is 0 Å². The van der Waals surface area contributed by atoms with E-state index in [-0.39, 0.29) is 5.43 Å². The molecule has 0 bridgehead atoms. The second kappa shape index (κ2) is 4.02. The molecule has 88 valence electrons. The maximum Gasteiger partial charge on any atom is 0.189 e. The number of hydrogen-bond acceptors (Lipinski definition) is 1. The highest BCUT2D eigenvalue weighted by Crippen LogP contribution is 2.33. The van der Waals surface area contributed by atoms with E-state index < -0.39 is 0 Å². The number of H-pyrrole nitrogens is 1. The highest BCUT2D eigenvalue weighted by atomic mass is 16.1. The molecule has 2 heteroatoms. The zero-order chi connectivity index (χ0) is 11.8. The van der Waals surface area contributed by atoms with E-state index in [2.05, 4.69) is 18.0 Å². The first kappa shape index (κ1) is 10.6. The zero-order valence-corrected chi connectivity index (χ0v) is 10.1. The van der Waals surface area contributed by atoms with Crippen LogP contribution in [0.2, 0.25) is 0 Å². The minimum Gasteiger partial charge on any atom is -0.358 e. The predicted octanol–water partition coefficient (Wildman–Crippen LogP) is 3.49. The Balaban J connectivity index is 2.22. The summed E-state index contributed by atoms with van der Waals surface area (Å²) in [6.07, 6.45) is 5.01. The normalized spacial score (nSPS) is 16.8. The molecule has 1 aliphatic carbocycles. The highest BCUT2D eigenvalue weighted by molar-refractivity contribution is 5.81. The average molecular weight is 227 g/mol. The average Bonchev–Trinajstić information content (AvgIpc) is 2.84. The Morgan fingerprint density at radius 1 is 1.24 bits per heavy atom. The summed E-state index contributed by atoms with van der Waals surface area (Å²) in [5, 5.41) is 0.812. The third kappa shape index (κ3) is 1.78. The van der Waals surface area contributed by atoms with Gasteiger partial charge in [-0.2, -0.15) is 0 Å². The Morgan fingerprint density at radius 3 is 2.76 bits per heavy atom. The molecule has 0 saturated heterocycles. The summed E-state index contributed by atoms with van der Waals surface area (Å²) < 4.78 is 0. The van der Waals surface area contributed by atoms with Crippen LogP contribution >= 0.6 is 0 Å². The Morgan fingerprint density at radius 2 is 2.00 bits per heavy atom. The van der Waals surface area contributed by atoms with Gasteiger partial charge >= 0.3 is 0 Å². The van der Waals surface area contributed by atoms with Crippen LogP contribution in [0.5, 0.6) is 0 Å². The third-order valence-electron chi connectivity index (χ3n) is 3.89. The topological polar surface area (TPSA) is 32.9 Å². The molecule has 2 nitrogen and oxygen atoms in total. The van der Waals surface area contributed by atoms with E-state index in [0.717, 1.165) is 22.2 Å². The number of fused-ring (bicyclic) bond motifs is 1. The largest absolute Gasteiger partial charge is 0.358 e. The lowest BCUT2D eigenvalue weighted by atomic mass is 10.0. The number of hydrogen-bond donors (Lipinski definition) is 1. The fraction of sp³-hybridized carbons (Fsp3) is 0.400. The minimum atomic E-state index is 0.157. The molecule has 0 atom stereocenters. The molecule has 1 aliphatic rings. The first-order valence-electron chi connectivity index (χ1n) is 6.38. The van der Waals surface area contributed by atoms with Crippen molar-refractivity contribution in [3.63, 3.8) is 0 Å². The second-order valence-corrected chi connectivity index (χ2v) is 5.07. The van der Waals surface area contributed by atoms with E-state index in [9.17, 15) is 4.79 Å². The molecule has 0 unspecified atom stereocenters. The lowest BCUT2D eigenvalue weighted by Gasteiger charge is -2.11. The highest BCUT2D eigenvalue weighted by Gasteiger charge is 2.18. The van der Waals surface area contributed by atoms with Gasteiger partial charge in [0.2, 0.25) is 0 Å². The monoisotopic (exact) mass is 227 g/mol. The fourth-order valence-corrected chi connectivity index (χ4v) is 2.90. The van der Waals surface area contributed by atoms with E-state index in [1.165, 1.54) is 25.7 Å². The van der Waals surface area contributed by atoms with E-state index in [4.69, 9.17) is 0 Å². The summed E-state index contributed by atoms with van der Waals surface area (Å²) in [4.78, 5) is 15.6. The summed E-state index contributed by atoms with van der Waals surface area (Å²) in [5.41, 5.74) is 3.46. The summed E-state index contributed by atoms with van der Waals surface area (Å²) in [5.74, 6) is 0.562. The van der Waals surface area contributed by atoms with Gasteiger partial charge in [-0.3, -0.25) is 4.79 Å². The van der Waals surface area contributed by atoms with Crippen LogP contribution in [-0.4, -0.2) is 4.98 Å². The second-order valence-electron chi connectivity index (χ2n) is 5.07. The predicted molar refractivity (Wildman–Crippen MR) is 70.5 cm³/mol. The van der Waals surface area contributed by atoms with Gasteiger partial charge in [-0.1, -0.05) is 25.0 Å². The molecule has 0 radical (unpaired) electrons. The first-order valence-corrected chi connectivity index (χ1v) is 6.38. The maximum atomic E-state index is 12.1. The molecule has 1 aromatic carbocycles. The van der Waals surface area contributed by atoms with Crippen LogP contribution in [0.3, 0.4) is 0 Å². The van der Waals surface area contributed by atoms with Crippen LogP contribution < -0.4 is 5.43 Å². The van der Waals surface area contributed by atoms with Crippen molar-refractivity contribution in [3.05, 3.63) is 45.7 Å². The molecule has 0 spiro atoms. The van der Waals surface area contributed by atoms with Crippen molar-refractivity contribution in [2.75, 3.05) is 0 Å². The Labute approximate surface area is 101 Å². The standard InChI is InChI=1S/C15H17NO/c1-10-5-4-8-12-14(17)9-13(16-15(10)12)11-6-2-3-7-11/h4-5,8-9,11H,2-3,6-7H2,1H3,(H,16,17). The van der Waals surface area contributed by atoms with Crippen molar-refractivity contribution in [1.29, 1.82) is 0 Å². The minimum absolute atomic E-state index is 0.157. The quantitative estimate of drug-likeness (QED) is 0.794. The molecule has 1 heterocycles. The number of pyridine rings is 1. The molecular weight excluding hydrogens is 210 g/mol. The van der Waals surface area contributed by atoms with Crippen LogP contribution in [0.25, 0.3) is 10.9 Å². The number of nitrogens with one attached hydrogen (secondary N) is 1. The van der Waals surface area contributed by atoms with Crippen molar-refractivity contribution in [2.24, 2.45) is 0 Å². The summed E-state index contributed by atoms with van der Waals surface area (Å²) >= 11 is 0. The Hall–Kier alpha value is -1.57. The van der Waals surface area contributed by atoms with Crippen LogP contribution in [0, 0.1) is 6.92 Å². The lowest BCUT2D eigenvalue weighted by Crippen LogP contribution is -2.08. The molecule has 0 aliphatic heterocycles. The van der Waals surface area contributed by atoms with Gasteiger partial charge in [-0.05, 0) is 37.3 Å². The van der Waals surface area contributed by atoms with Gasteiger partial charge in [0, 0.05) is 17.1 Å². The van der Waals surface area contributed by atoms with Crippen molar-refractivity contribution < 1.29 is 0 Å². The third-order valence-corrected chi connectivity index (χ3v) is 3.89. The summed E-state index contributed by atoms with van der Waals surface area (Å²) in [7, 11) is 0. The van der Waals surface area contributed by atoms with Crippen molar-refractivity contribution in [2.45, 2.75) is 38.5 Å². The molecule has 1 N–H and O–H groups in total. The van der Waals surface area contributed by atoms with Crippen molar-refractivity contribution >= 4 is 10.9 Å². The smallest absolute Gasteiger partial charge is 0.189 e. The van der Waals surface area contributed by atoms with Gasteiger partial charge in [-0.15, -0.1) is 0 Å². The molecule has 1 aromatic heterocycles. The van der Waals surface area contributed by atoms with Gasteiger partial charge in [0.25, 0.3) is 0 Å². The molecule has 2 aromatic rings. The zero-order valence-electron chi connectivity index (χ0n) is 10.1. The number of para-hydroxylation sites is 1. The van der Waals surface area contributed by atoms with E-state index >= 15 is 0 Å². The maximum absolute atomic E-state index is 12.1. The van der Waals surface area contributed by atoms with Crippen molar-refractivity contribution in [1.82, 2.24) is 4.98 Å². The Bertz CT molecular complexity index is 606. The molecule has 1 saturated carbocycles. The van der Waals surface area contributed by atoms with Gasteiger partial charge in [0.05, 0.1) is 5.52 Å². The first-order chi connectivity index (χ1) is 8.25. The van der Waals surface area contributed by atoms with Crippen molar-refractivity contribution in [3.8, 4) is 0 Å². The van der Waals surface area contributed by atoms with Gasteiger partial charge in [-0.25, -0.2) is 0 Å². The number of aryl methyl sites for hydroxylation is 1. The van der Waals surface area contributed by atoms with Crippen LogP contribution in [0.15, 0.2) is 29.1 Å². The van der Waals surface area contributed by atoms with Crippen LogP contribution in [0.1, 0.15) is 42.9 Å². The molecule has 3 rings (SSSR count). The SMILES string of the molecule is Cc1cccc2c(=O)cc(C3CCCC3)[nH]c12. The van der Waals surface area contributed by atoms with Gasteiger partial charge < -0.3 is 4.98 Å². The van der Waals surface area contributed by atoms with Crippen LogP contribution in [0.4, 0.5) is 0 Å². The molecule has 17 heavy (non-hydrogen) atoms. The Kier molecular flexibility index (Phi) is 2.50. The van der Waals surface area contributed by atoms with E-state index in [1.54, 1.807) is 6.07 Å². The van der Waals surface area contributed by atoms with Gasteiger partial charge in [0.15, 0.2) is 5.43 Å². The number of benzene rings is 1. The molecular formula is C15H17NO. The number of aromatic amines is 1. The molecule has 1 fully saturated rings. The molecule has 0 amide bonds. The van der Waals surface area contributed by atoms with E-state index in [1.807, 2.05) is 12.1 Å². The summed E-state index contributed by atoms with van der Waals surface area (Å²) in [6, 6.07) is 7.70. The number of rotatable bonds is 1. The fourth-order valence-electron chi connectivity index (χ4n) is 2.90. The summed E-state index contributed by atoms with van der Waals surface area (Å²) in [6.45, 7) is 2.05. The number of aromatic nitrogens is 1. The van der Waals surface area contributed by atoms with E-state index in [0.29, 0.717) is 5.92 Å². The van der Waals surface area contributed by atoms with Gasteiger partial charge in [0.1, 0.15) is 0 Å². The lowest BCUT2D eigenvalue weighted by molar-refractivity contribution is 0.700.